The number of imidazole rings is 1. The Balaban J connectivity index is 0.000000501. The lowest BCUT2D eigenvalue weighted by molar-refractivity contribution is 0.101. The van der Waals surface area contributed by atoms with Gasteiger partial charge in [0.2, 0.25) is 5.95 Å². The maximum Gasteiger partial charge on any atom is 0.466 e. The van der Waals surface area contributed by atoms with Crippen LogP contribution in [0.4, 0.5) is 5.95 Å². The van der Waals surface area contributed by atoms with Crippen LogP contribution < -0.4 is 11.3 Å². The molecule has 2 aromatic rings. The van der Waals surface area contributed by atoms with Gasteiger partial charge in [0.1, 0.15) is 0 Å². The number of phosphoric acid groups is 1. The average Bonchev–Trinajstić information content (AvgIpc) is 2.98. The molecule has 0 aromatic carbocycles. The molecule has 1 saturated carbocycles. The fraction of sp³-hybridized carbons (Fsp3) is 0.417. The number of nitrogen functional groups attached to an aromatic ring is 1. The van der Waals surface area contributed by atoms with E-state index in [9.17, 15) is 15.0 Å². The number of H-pyrrole nitrogens is 1. The molecule has 0 saturated heterocycles. The number of nitrogens with one attached hydrogen (secondary N) is 1. The molecule has 0 amide bonds. The first-order chi connectivity index (χ1) is 11.5. The molecule has 1 aliphatic rings. The van der Waals surface area contributed by atoms with Crippen molar-refractivity contribution in [3.8, 4) is 0 Å². The third kappa shape index (κ3) is 4.74. The number of hydrogen-bond acceptors (Lipinski definition) is 7. The average molecular weight is 393 g/mol. The van der Waals surface area contributed by atoms with Gasteiger partial charge in [-0.05, 0) is 12.0 Å². The predicted molar refractivity (Wildman–Crippen MR) is 89.8 cm³/mol. The Kier molecular flexibility index (Phi) is 6.79. The molecule has 2 aromatic heterocycles. The molecule has 0 bridgehead atoms. The summed E-state index contributed by atoms with van der Waals surface area (Å²) in [7, 11) is -4.64. The number of fused-ring (bicyclic) bond motifs is 1. The summed E-state index contributed by atoms with van der Waals surface area (Å²) in [4.78, 5) is 43.8. The Hall–Kier alpha value is -2.12. The number of aliphatic hydroxyl groups excluding tert-OH is 2. The number of aromatic amines is 1. The van der Waals surface area contributed by atoms with Gasteiger partial charge < -0.3 is 40.7 Å². The third-order valence-electron chi connectivity index (χ3n) is 3.82. The molecular formula is C12H20N5O8P. The van der Waals surface area contributed by atoms with Crippen LogP contribution in [0.25, 0.3) is 11.2 Å². The van der Waals surface area contributed by atoms with Gasteiger partial charge in [-0.25, -0.2) is 9.55 Å². The first-order valence-electron chi connectivity index (χ1n) is 7.01. The minimum absolute atomic E-state index is 0. The number of hydrogen-bond donors (Lipinski definition) is 7. The first kappa shape index (κ1) is 21.9. The fourth-order valence-electron chi connectivity index (χ4n) is 2.74. The molecule has 0 spiro atoms. The molecule has 0 radical (unpaired) electrons. The van der Waals surface area contributed by atoms with Crippen LogP contribution >= 0.6 is 7.82 Å². The standard InChI is InChI=1S/C12H15N5O3.H3O4P.H2O/c1-5-6(3-18)8(19)2-7(5)17-4-14-9-10(17)15-12(13)16-11(9)20;1-5(2,3)4;/h4,6-8,18-19H,1-3H2,(H3,13,15,16,20);(H3,1,2,3,4);1H2/t6-,7-,8-;;/m0../s1. The van der Waals surface area contributed by atoms with Crippen molar-refractivity contribution in [2.75, 3.05) is 12.3 Å². The Morgan fingerprint density at radius 3 is 2.50 bits per heavy atom. The quantitative estimate of drug-likeness (QED) is 0.207. The molecule has 2 heterocycles. The van der Waals surface area contributed by atoms with Crippen LogP contribution in [0.2, 0.25) is 0 Å². The summed E-state index contributed by atoms with van der Waals surface area (Å²) in [6.45, 7) is 3.76. The van der Waals surface area contributed by atoms with Gasteiger partial charge in [-0.15, -0.1) is 0 Å². The van der Waals surface area contributed by atoms with Gasteiger partial charge in [-0.3, -0.25) is 9.78 Å². The van der Waals surface area contributed by atoms with E-state index in [0.29, 0.717) is 17.6 Å². The maximum absolute atomic E-state index is 11.7. The number of aromatic nitrogens is 4. The molecule has 26 heavy (non-hydrogen) atoms. The van der Waals surface area contributed by atoms with Crippen molar-refractivity contribution in [3.63, 3.8) is 0 Å². The van der Waals surface area contributed by atoms with E-state index >= 15 is 0 Å². The van der Waals surface area contributed by atoms with Crippen LogP contribution in [-0.4, -0.2) is 62.6 Å². The minimum Gasteiger partial charge on any atom is -0.412 e. The second-order valence-corrected chi connectivity index (χ2v) is 6.50. The zero-order chi connectivity index (χ0) is 18.9. The number of nitrogens with zero attached hydrogens (tertiary/aromatic N) is 3. The summed E-state index contributed by atoms with van der Waals surface area (Å²) >= 11 is 0. The molecule has 0 unspecified atom stereocenters. The maximum atomic E-state index is 11.7. The smallest absolute Gasteiger partial charge is 0.412 e. The first-order valence-corrected chi connectivity index (χ1v) is 8.57. The van der Waals surface area contributed by atoms with Crippen LogP contribution in [0.1, 0.15) is 12.5 Å². The summed E-state index contributed by atoms with van der Waals surface area (Å²) in [6, 6.07) is -0.263. The van der Waals surface area contributed by atoms with Gasteiger partial charge in [0.25, 0.3) is 5.56 Å². The highest BCUT2D eigenvalue weighted by atomic mass is 31.2. The van der Waals surface area contributed by atoms with Crippen molar-refractivity contribution in [3.05, 3.63) is 28.8 Å². The summed E-state index contributed by atoms with van der Waals surface area (Å²) < 4.78 is 10.6. The molecule has 10 N–H and O–H groups in total. The molecule has 146 valence electrons. The number of anilines is 1. The third-order valence-corrected chi connectivity index (χ3v) is 3.82. The van der Waals surface area contributed by atoms with Crippen molar-refractivity contribution < 1.29 is 34.9 Å². The molecule has 3 atom stereocenters. The van der Waals surface area contributed by atoms with Gasteiger partial charge in [-0.2, -0.15) is 4.98 Å². The summed E-state index contributed by atoms with van der Waals surface area (Å²) in [5.74, 6) is -0.371. The zero-order valence-electron chi connectivity index (χ0n) is 13.3. The fourth-order valence-corrected chi connectivity index (χ4v) is 2.74. The summed E-state index contributed by atoms with van der Waals surface area (Å²) in [6.07, 6.45) is 1.20. The molecule has 3 rings (SSSR count). The van der Waals surface area contributed by atoms with E-state index in [2.05, 4.69) is 21.5 Å². The highest BCUT2D eigenvalue weighted by molar-refractivity contribution is 7.45. The highest BCUT2D eigenvalue weighted by Crippen LogP contribution is 2.39. The molecular weight excluding hydrogens is 373 g/mol. The van der Waals surface area contributed by atoms with Gasteiger partial charge in [0, 0.05) is 5.92 Å². The van der Waals surface area contributed by atoms with E-state index in [0.717, 1.165) is 0 Å². The summed E-state index contributed by atoms with van der Waals surface area (Å²) in [5.41, 5.74) is 6.37. The van der Waals surface area contributed by atoms with Crippen molar-refractivity contribution in [1.29, 1.82) is 0 Å². The Morgan fingerprint density at radius 2 is 2.00 bits per heavy atom. The topological polar surface area (TPSA) is 239 Å². The molecule has 13 nitrogen and oxygen atoms in total. The second-order valence-electron chi connectivity index (χ2n) is 5.47. The lowest BCUT2D eigenvalue weighted by atomic mass is 10.0. The van der Waals surface area contributed by atoms with Crippen molar-refractivity contribution >= 4 is 24.9 Å². The largest absolute Gasteiger partial charge is 0.466 e. The van der Waals surface area contributed by atoms with Crippen LogP contribution in [0.3, 0.4) is 0 Å². The number of nitrogens with two attached hydrogens (primary N) is 1. The van der Waals surface area contributed by atoms with Crippen molar-refractivity contribution in [2.45, 2.75) is 18.6 Å². The monoisotopic (exact) mass is 393 g/mol. The van der Waals surface area contributed by atoms with E-state index < -0.39 is 19.5 Å². The Labute approximate surface area is 146 Å². The van der Waals surface area contributed by atoms with Crippen LogP contribution in [0.5, 0.6) is 0 Å². The van der Waals surface area contributed by atoms with Crippen LogP contribution in [-0.2, 0) is 4.57 Å². The van der Waals surface area contributed by atoms with Gasteiger partial charge in [0.15, 0.2) is 11.2 Å². The lowest BCUT2D eigenvalue weighted by Crippen LogP contribution is -2.17. The highest BCUT2D eigenvalue weighted by Gasteiger charge is 2.37. The zero-order valence-corrected chi connectivity index (χ0v) is 14.2. The molecule has 1 aliphatic carbocycles. The SMILES string of the molecule is C=C1[C@H](CO)[C@@H](O)C[C@@H]1n1cnc2c(=O)[nH]c(N)nc21.O.O=P(O)(O)O. The Bertz CT molecular complexity index is 881. The normalized spacial score (nSPS) is 22.7. The molecule has 0 aliphatic heterocycles. The van der Waals surface area contributed by atoms with Crippen LogP contribution in [0.15, 0.2) is 23.3 Å². The molecule has 1 fully saturated rings. The van der Waals surface area contributed by atoms with Gasteiger partial charge in [-0.1, -0.05) is 6.58 Å². The van der Waals surface area contributed by atoms with E-state index in [1.165, 1.54) is 6.33 Å². The van der Waals surface area contributed by atoms with Crippen molar-refractivity contribution in [2.24, 2.45) is 5.92 Å². The minimum atomic E-state index is -4.64. The van der Waals surface area contributed by atoms with Gasteiger partial charge >= 0.3 is 7.82 Å². The Morgan fingerprint density at radius 1 is 1.42 bits per heavy atom. The second kappa shape index (κ2) is 8.05. The number of rotatable bonds is 2. The molecule has 14 heteroatoms. The lowest BCUT2D eigenvalue weighted by Gasteiger charge is -2.15. The van der Waals surface area contributed by atoms with E-state index in [4.69, 9.17) is 25.0 Å². The van der Waals surface area contributed by atoms with E-state index in [1.807, 2.05) is 0 Å². The van der Waals surface area contributed by atoms with E-state index in [1.54, 1.807) is 4.57 Å². The summed E-state index contributed by atoms with van der Waals surface area (Å²) in [5, 5.41) is 19.2. The van der Waals surface area contributed by atoms with Crippen molar-refractivity contribution in [1.82, 2.24) is 19.5 Å². The van der Waals surface area contributed by atoms with Gasteiger partial charge in [0.05, 0.1) is 25.1 Å². The number of aliphatic hydroxyl groups is 2. The van der Waals surface area contributed by atoms with Crippen LogP contribution in [0, 0.1) is 5.92 Å². The van der Waals surface area contributed by atoms with E-state index in [-0.39, 0.29) is 35.5 Å². The predicted octanol–water partition coefficient (Wildman–Crippen LogP) is -2.58.